The zero-order valence-corrected chi connectivity index (χ0v) is 6.34. The lowest BCUT2D eigenvalue weighted by Gasteiger charge is -1.97. The summed E-state index contributed by atoms with van der Waals surface area (Å²) in [6.45, 7) is 0. The molecule has 0 fully saturated rings. The highest BCUT2D eigenvalue weighted by atomic mass is 32.1. The lowest BCUT2D eigenvalue weighted by molar-refractivity contribution is -0.142. The third-order valence-corrected chi connectivity index (χ3v) is 1.78. The summed E-state index contributed by atoms with van der Waals surface area (Å²) in [5.74, 6) is -1.43. The van der Waals surface area contributed by atoms with Crippen LogP contribution in [0.3, 0.4) is 0 Å². The first kappa shape index (κ1) is 8.13. The van der Waals surface area contributed by atoms with E-state index in [0.29, 0.717) is 5.69 Å². The Hall–Kier alpha value is -0.970. The lowest BCUT2D eigenvalue weighted by Crippen LogP contribution is -2.17. The molecule has 0 aromatic carbocycles. The number of hydrogen-bond donors (Lipinski definition) is 1. The van der Waals surface area contributed by atoms with Gasteiger partial charge in [-0.15, -0.1) is 11.3 Å². The highest BCUT2D eigenvalue weighted by Gasteiger charge is 2.16. The third-order valence-electron chi connectivity index (χ3n) is 1.14. The van der Waals surface area contributed by atoms with E-state index < -0.39 is 12.1 Å². The van der Waals surface area contributed by atoms with Crippen molar-refractivity contribution in [3.63, 3.8) is 0 Å². The number of aliphatic carboxylic acids is 1. The molecule has 0 saturated heterocycles. The van der Waals surface area contributed by atoms with Crippen molar-refractivity contribution in [2.45, 2.75) is 12.6 Å². The summed E-state index contributed by atoms with van der Waals surface area (Å²) in [5, 5.41) is 9.82. The fourth-order valence-corrected chi connectivity index (χ4v) is 1.18. The zero-order chi connectivity index (χ0) is 8.27. The molecule has 0 amide bonds. The van der Waals surface area contributed by atoms with Gasteiger partial charge in [0.1, 0.15) is 0 Å². The Kier molecular flexibility index (Phi) is 2.53. The molecule has 1 aromatic heterocycles. The quantitative estimate of drug-likeness (QED) is 0.748. The van der Waals surface area contributed by atoms with Crippen LogP contribution in [-0.4, -0.2) is 22.2 Å². The van der Waals surface area contributed by atoms with Crippen LogP contribution in [0.1, 0.15) is 5.69 Å². The van der Waals surface area contributed by atoms with Crippen molar-refractivity contribution in [3.8, 4) is 0 Å². The molecule has 0 spiro atoms. The van der Waals surface area contributed by atoms with Crippen LogP contribution >= 0.6 is 11.3 Å². The van der Waals surface area contributed by atoms with E-state index in [-0.39, 0.29) is 6.42 Å². The van der Waals surface area contributed by atoms with Crippen molar-refractivity contribution in [1.29, 1.82) is 0 Å². The molecule has 1 N–H and O–H groups in total. The topological polar surface area (TPSA) is 50.2 Å². The van der Waals surface area contributed by atoms with E-state index in [1.54, 1.807) is 10.9 Å². The summed E-state index contributed by atoms with van der Waals surface area (Å²) >= 11 is 1.32. The second-order valence-electron chi connectivity index (χ2n) is 1.99. The van der Waals surface area contributed by atoms with Crippen molar-refractivity contribution >= 4 is 17.3 Å². The third kappa shape index (κ3) is 2.27. The standard InChI is InChI=1S/C6H6FNO2S/c7-5(6(9)10)1-4-2-11-3-8-4/h2-3,5H,1H2,(H,9,10). The number of nitrogens with zero attached hydrogens (tertiary/aromatic N) is 1. The van der Waals surface area contributed by atoms with Gasteiger partial charge in [0, 0.05) is 11.8 Å². The first-order valence-corrected chi connectivity index (χ1v) is 3.88. The number of aromatic nitrogens is 1. The van der Waals surface area contributed by atoms with Gasteiger partial charge in [-0.25, -0.2) is 14.2 Å². The van der Waals surface area contributed by atoms with Gasteiger partial charge in [0.15, 0.2) is 0 Å². The molecule has 1 unspecified atom stereocenters. The van der Waals surface area contributed by atoms with Gasteiger partial charge in [0.05, 0.1) is 11.2 Å². The molecule has 0 aliphatic carbocycles. The molecule has 11 heavy (non-hydrogen) atoms. The number of halogens is 1. The minimum absolute atomic E-state index is 0.140. The van der Waals surface area contributed by atoms with Crippen LogP contribution in [-0.2, 0) is 11.2 Å². The van der Waals surface area contributed by atoms with Crippen LogP contribution < -0.4 is 0 Å². The Balaban J connectivity index is 2.50. The molecule has 0 aliphatic heterocycles. The van der Waals surface area contributed by atoms with E-state index in [1.807, 2.05) is 0 Å². The molecule has 0 bridgehead atoms. The SMILES string of the molecule is O=C(O)C(F)Cc1cscn1. The van der Waals surface area contributed by atoms with Gasteiger partial charge >= 0.3 is 5.97 Å². The van der Waals surface area contributed by atoms with Crippen molar-refractivity contribution in [2.75, 3.05) is 0 Å². The normalized spacial score (nSPS) is 12.8. The summed E-state index contributed by atoms with van der Waals surface area (Å²) in [5.41, 5.74) is 2.04. The Bertz CT molecular complexity index is 237. The van der Waals surface area contributed by atoms with Crippen molar-refractivity contribution in [1.82, 2.24) is 4.98 Å². The number of thiazole rings is 1. The molecule has 0 aliphatic rings. The highest BCUT2D eigenvalue weighted by molar-refractivity contribution is 7.07. The molecule has 1 atom stereocenters. The predicted molar refractivity (Wildman–Crippen MR) is 38.3 cm³/mol. The Morgan fingerprint density at radius 2 is 2.64 bits per heavy atom. The minimum Gasteiger partial charge on any atom is -0.479 e. The summed E-state index contributed by atoms with van der Waals surface area (Å²) in [4.78, 5) is 13.8. The van der Waals surface area contributed by atoms with Crippen LogP contribution in [0.5, 0.6) is 0 Å². The Labute approximate surface area is 66.5 Å². The van der Waals surface area contributed by atoms with E-state index in [1.165, 1.54) is 11.3 Å². The average Bonchev–Trinajstić information content (AvgIpc) is 2.39. The maximum absolute atomic E-state index is 12.5. The van der Waals surface area contributed by atoms with Crippen molar-refractivity contribution in [3.05, 3.63) is 16.6 Å². The molecule has 1 rings (SSSR count). The van der Waals surface area contributed by atoms with Crippen LogP contribution in [0, 0.1) is 0 Å². The van der Waals surface area contributed by atoms with E-state index in [0.717, 1.165) is 0 Å². The van der Waals surface area contributed by atoms with Crippen LogP contribution in [0.25, 0.3) is 0 Å². The van der Waals surface area contributed by atoms with Gasteiger partial charge < -0.3 is 5.11 Å². The Morgan fingerprint density at radius 3 is 3.09 bits per heavy atom. The molecular weight excluding hydrogens is 169 g/mol. The fraction of sp³-hybridized carbons (Fsp3) is 0.333. The minimum atomic E-state index is -1.84. The average molecular weight is 175 g/mol. The van der Waals surface area contributed by atoms with E-state index in [2.05, 4.69) is 4.98 Å². The summed E-state index contributed by atoms with van der Waals surface area (Å²) in [6.07, 6.45) is -1.98. The van der Waals surface area contributed by atoms with Crippen molar-refractivity contribution < 1.29 is 14.3 Å². The molecule has 1 heterocycles. The monoisotopic (exact) mass is 175 g/mol. The molecule has 60 valence electrons. The first-order valence-electron chi connectivity index (χ1n) is 2.94. The number of rotatable bonds is 3. The van der Waals surface area contributed by atoms with Gasteiger partial charge in [-0.1, -0.05) is 0 Å². The van der Waals surface area contributed by atoms with Crippen LogP contribution in [0.2, 0.25) is 0 Å². The van der Waals surface area contributed by atoms with E-state index in [9.17, 15) is 9.18 Å². The number of carboxylic acids is 1. The molecule has 0 radical (unpaired) electrons. The van der Waals surface area contributed by atoms with E-state index in [4.69, 9.17) is 5.11 Å². The van der Waals surface area contributed by atoms with Gasteiger partial charge in [0.2, 0.25) is 6.17 Å². The summed E-state index contributed by atoms with van der Waals surface area (Å²) in [7, 11) is 0. The maximum Gasteiger partial charge on any atom is 0.338 e. The number of hydrogen-bond acceptors (Lipinski definition) is 3. The van der Waals surface area contributed by atoms with E-state index >= 15 is 0 Å². The first-order chi connectivity index (χ1) is 5.20. The van der Waals surface area contributed by atoms with Gasteiger partial charge in [0.25, 0.3) is 0 Å². The lowest BCUT2D eigenvalue weighted by atomic mass is 10.2. The zero-order valence-electron chi connectivity index (χ0n) is 5.53. The largest absolute Gasteiger partial charge is 0.479 e. The molecule has 3 nitrogen and oxygen atoms in total. The molecule has 0 saturated carbocycles. The second kappa shape index (κ2) is 3.43. The summed E-state index contributed by atoms with van der Waals surface area (Å²) in [6, 6.07) is 0. The second-order valence-corrected chi connectivity index (χ2v) is 2.71. The maximum atomic E-state index is 12.5. The van der Waals surface area contributed by atoms with Crippen LogP contribution in [0.15, 0.2) is 10.9 Å². The fourth-order valence-electron chi connectivity index (χ4n) is 0.609. The summed E-state index contributed by atoms with van der Waals surface area (Å²) < 4.78 is 12.5. The Morgan fingerprint density at radius 1 is 1.91 bits per heavy atom. The van der Waals surface area contributed by atoms with Gasteiger partial charge in [-0.3, -0.25) is 0 Å². The highest BCUT2D eigenvalue weighted by Crippen LogP contribution is 2.06. The predicted octanol–water partition coefficient (Wildman–Crippen LogP) is 1.11. The number of carbonyl (C=O) groups is 1. The van der Waals surface area contributed by atoms with Gasteiger partial charge in [-0.05, 0) is 0 Å². The molecule has 5 heteroatoms. The number of carboxylic acid groups (broad SMARTS) is 1. The van der Waals surface area contributed by atoms with Crippen molar-refractivity contribution in [2.24, 2.45) is 0 Å². The smallest absolute Gasteiger partial charge is 0.338 e. The molecular formula is C6H6FNO2S. The number of alkyl halides is 1. The van der Waals surface area contributed by atoms with Crippen LogP contribution in [0.4, 0.5) is 4.39 Å². The van der Waals surface area contributed by atoms with Gasteiger partial charge in [-0.2, -0.15) is 0 Å². The molecule has 1 aromatic rings.